The van der Waals surface area contributed by atoms with Gasteiger partial charge in [0.1, 0.15) is 35.4 Å². The molecule has 0 aliphatic carbocycles. The molecule has 0 saturated heterocycles. The smallest absolute Gasteiger partial charge is 0.331 e. The number of hydrogen-bond acceptors (Lipinski definition) is 8. The number of ether oxygens (including phenoxy) is 1. The van der Waals surface area contributed by atoms with Crippen LogP contribution in [0, 0.1) is 0 Å². The summed E-state index contributed by atoms with van der Waals surface area (Å²) in [5.41, 5.74) is 1.76. The molecule has 0 heterocycles. The summed E-state index contributed by atoms with van der Waals surface area (Å²) >= 11 is 0. The molecule has 190 valence electrons. The topological polar surface area (TPSA) is 145 Å². The fraction of sp³-hybridized carbons (Fsp3) is 0.103. The third-order valence-electron chi connectivity index (χ3n) is 5.35. The minimum atomic E-state index is -0.564. The summed E-state index contributed by atoms with van der Waals surface area (Å²) < 4.78 is 5.18. The molecule has 0 aromatic heterocycles. The van der Waals surface area contributed by atoms with E-state index >= 15 is 0 Å². The van der Waals surface area contributed by atoms with Gasteiger partial charge in [-0.3, -0.25) is 4.79 Å². The maximum atomic E-state index is 12.6. The van der Waals surface area contributed by atoms with Crippen molar-refractivity contribution in [2.45, 2.75) is 13.3 Å². The van der Waals surface area contributed by atoms with Crippen LogP contribution in [0.2, 0.25) is 0 Å². The van der Waals surface area contributed by atoms with Crippen LogP contribution in [0.1, 0.15) is 34.0 Å². The lowest BCUT2D eigenvalue weighted by atomic mass is 10.00. The number of hydrogen-bond donors (Lipinski definition) is 5. The van der Waals surface area contributed by atoms with Gasteiger partial charge >= 0.3 is 5.97 Å². The quantitative estimate of drug-likeness (QED) is 0.121. The summed E-state index contributed by atoms with van der Waals surface area (Å²) in [6, 6.07) is 12.8. The second-order valence-electron chi connectivity index (χ2n) is 8.19. The Bertz CT molecular complexity index is 1380. The van der Waals surface area contributed by atoms with E-state index in [9.17, 15) is 35.1 Å². The zero-order chi connectivity index (χ0) is 26.9. The maximum Gasteiger partial charge on any atom is 0.331 e. The van der Waals surface area contributed by atoms with Crippen molar-refractivity contribution in [2.24, 2.45) is 0 Å². The first kappa shape index (κ1) is 26.6. The van der Waals surface area contributed by atoms with Crippen molar-refractivity contribution in [2.75, 3.05) is 6.61 Å². The van der Waals surface area contributed by atoms with E-state index in [0.717, 1.165) is 17.7 Å². The van der Waals surface area contributed by atoms with E-state index in [1.54, 1.807) is 31.2 Å². The van der Waals surface area contributed by atoms with Gasteiger partial charge in [-0.1, -0.05) is 18.2 Å². The summed E-state index contributed by atoms with van der Waals surface area (Å²) in [5, 5.41) is 49.3. The van der Waals surface area contributed by atoms with Crippen molar-refractivity contribution in [1.29, 1.82) is 0 Å². The summed E-state index contributed by atoms with van der Waals surface area (Å²) in [4.78, 5) is 24.6. The lowest BCUT2D eigenvalue weighted by Gasteiger charge is -2.10. The highest BCUT2D eigenvalue weighted by Gasteiger charge is 2.16. The van der Waals surface area contributed by atoms with Gasteiger partial charge in [0, 0.05) is 23.3 Å². The van der Waals surface area contributed by atoms with Crippen molar-refractivity contribution in [3.8, 4) is 28.7 Å². The third-order valence-corrected chi connectivity index (χ3v) is 5.35. The Balaban J connectivity index is 1.63. The molecular formula is C29H26O8. The van der Waals surface area contributed by atoms with Gasteiger partial charge < -0.3 is 30.3 Å². The molecular weight excluding hydrogens is 476 g/mol. The fourth-order valence-corrected chi connectivity index (χ4v) is 3.27. The number of benzene rings is 3. The van der Waals surface area contributed by atoms with Gasteiger partial charge in [-0.15, -0.1) is 0 Å². The van der Waals surface area contributed by atoms with Crippen LogP contribution >= 0.6 is 0 Å². The number of aromatic hydroxyl groups is 5. The molecule has 3 aromatic rings. The average molecular weight is 503 g/mol. The number of allylic oxidation sites excluding steroid dienone is 2. The zero-order valence-electron chi connectivity index (χ0n) is 20.0. The molecule has 0 saturated carbocycles. The second-order valence-corrected chi connectivity index (χ2v) is 8.19. The second kappa shape index (κ2) is 12.1. The molecule has 0 atom stereocenters. The Morgan fingerprint density at radius 1 is 0.811 bits per heavy atom. The minimum Gasteiger partial charge on any atom is -0.508 e. The Morgan fingerprint density at radius 2 is 1.51 bits per heavy atom. The van der Waals surface area contributed by atoms with Crippen molar-refractivity contribution in [3.05, 3.63) is 101 Å². The van der Waals surface area contributed by atoms with E-state index in [1.165, 1.54) is 48.6 Å². The molecule has 0 amide bonds. The van der Waals surface area contributed by atoms with E-state index in [0.29, 0.717) is 11.1 Å². The molecule has 8 nitrogen and oxygen atoms in total. The van der Waals surface area contributed by atoms with Crippen LogP contribution in [0.15, 0.2) is 78.4 Å². The average Bonchev–Trinajstić information content (AvgIpc) is 2.86. The van der Waals surface area contributed by atoms with Crippen molar-refractivity contribution < 1.29 is 39.9 Å². The van der Waals surface area contributed by atoms with Crippen molar-refractivity contribution >= 4 is 23.9 Å². The lowest BCUT2D eigenvalue weighted by molar-refractivity contribution is -0.136. The first-order valence-corrected chi connectivity index (χ1v) is 11.2. The predicted molar refractivity (Wildman–Crippen MR) is 138 cm³/mol. The van der Waals surface area contributed by atoms with E-state index in [4.69, 9.17) is 4.74 Å². The Kier molecular flexibility index (Phi) is 8.72. The van der Waals surface area contributed by atoms with Gasteiger partial charge in [-0.05, 0) is 79.1 Å². The van der Waals surface area contributed by atoms with Gasteiger partial charge in [-0.25, -0.2) is 4.79 Å². The SMILES string of the molecule is C/C(=C\Cc1c(O)ccc(C(=O)/C=C/c2ccc(O)cc2O)c1O)COC(=O)/C=C/c1ccc(O)cc1. The minimum absolute atomic E-state index is 0.0161. The van der Waals surface area contributed by atoms with Gasteiger partial charge in [0.25, 0.3) is 0 Å². The van der Waals surface area contributed by atoms with Crippen molar-refractivity contribution in [3.63, 3.8) is 0 Å². The van der Waals surface area contributed by atoms with E-state index in [1.807, 2.05) is 0 Å². The van der Waals surface area contributed by atoms with Gasteiger partial charge in [-0.2, -0.15) is 0 Å². The molecule has 0 fully saturated rings. The number of carbonyl (C=O) groups excluding carboxylic acids is 2. The molecule has 0 aliphatic rings. The normalized spacial score (nSPS) is 11.8. The Hall–Kier alpha value is -4.98. The highest BCUT2D eigenvalue weighted by atomic mass is 16.5. The molecule has 0 radical (unpaired) electrons. The third kappa shape index (κ3) is 7.50. The predicted octanol–water partition coefficient (Wildman–Crippen LogP) is 4.86. The number of ketones is 1. The van der Waals surface area contributed by atoms with Crippen molar-refractivity contribution in [1.82, 2.24) is 0 Å². The lowest BCUT2D eigenvalue weighted by Crippen LogP contribution is -2.03. The Labute approximate surface area is 213 Å². The van der Waals surface area contributed by atoms with Gasteiger partial charge in [0.2, 0.25) is 0 Å². The number of carbonyl (C=O) groups is 2. The number of rotatable bonds is 9. The van der Waals surface area contributed by atoms with E-state index in [-0.39, 0.29) is 52.9 Å². The summed E-state index contributed by atoms with van der Waals surface area (Å²) in [6.45, 7) is 1.70. The van der Waals surface area contributed by atoms with Crippen LogP contribution in [-0.4, -0.2) is 43.9 Å². The summed E-state index contributed by atoms with van der Waals surface area (Å²) in [7, 11) is 0. The van der Waals surface area contributed by atoms with Gasteiger partial charge in [0.05, 0.1) is 5.56 Å². The fourth-order valence-electron chi connectivity index (χ4n) is 3.27. The molecule has 0 aliphatic heterocycles. The molecule has 3 rings (SSSR count). The molecule has 37 heavy (non-hydrogen) atoms. The maximum absolute atomic E-state index is 12.6. The first-order chi connectivity index (χ1) is 17.6. The van der Waals surface area contributed by atoms with Crippen LogP contribution in [-0.2, 0) is 16.0 Å². The highest BCUT2D eigenvalue weighted by molar-refractivity contribution is 6.09. The first-order valence-electron chi connectivity index (χ1n) is 11.2. The van der Waals surface area contributed by atoms with Crippen LogP contribution in [0.25, 0.3) is 12.2 Å². The van der Waals surface area contributed by atoms with Crippen LogP contribution in [0.3, 0.4) is 0 Å². The van der Waals surface area contributed by atoms with Crippen LogP contribution in [0.5, 0.6) is 28.7 Å². The van der Waals surface area contributed by atoms with E-state index < -0.39 is 11.8 Å². The summed E-state index contributed by atoms with van der Waals surface area (Å²) in [5.74, 6) is -1.91. The van der Waals surface area contributed by atoms with Crippen LogP contribution < -0.4 is 0 Å². The number of phenols is 5. The number of esters is 1. The van der Waals surface area contributed by atoms with Gasteiger partial charge in [0.15, 0.2) is 5.78 Å². The number of phenolic OH excluding ortho intramolecular Hbond substituents is 5. The van der Waals surface area contributed by atoms with Crippen LogP contribution in [0.4, 0.5) is 0 Å². The van der Waals surface area contributed by atoms with E-state index in [2.05, 4.69) is 0 Å². The summed E-state index contributed by atoms with van der Waals surface area (Å²) in [6.07, 6.45) is 7.05. The molecule has 5 N–H and O–H groups in total. The Morgan fingerprint density at radius 3 is 2.22 bits per heavy atom. The molecule has 8 heteroatoms. The highest BCUT2D eigenvalue weighted by Crippen LogP contribution is 2.32. The zero-order valence-corrected chi connectivity index (χ0v) is 20.0. The molecule has 0 unspecified atom stereocenters. The standard InChI is InChI=1S/C29H26O8/c1-18(17-37-28(35)15-5-19-3-8-21(30)9-4-19)2-11-23-26(33)14-12-24(29(23)36)25(32)13-7-20-6-10-22(31)16-27(20)34/h2-10,12-16,30-31,33-34,36H,11,17H2,1H3/b13-7+,15-5+,18-2+. The monoisotopic (exact) mass is 502 g/mol. The molecule has 3 aromatic carbocycles. The molecule has 0 spiro atoms. The molecule has 0 bridgehead atoms. The largest absolute Gasteiger partial charge is 0.508 e.